The van der Waals surface area contributed by atoms with Crippen molar-refractivity contribution in [3.63, 3.8) is 0 Å². The normalized spacial score (nSPS) is 12.2. The van der Waals surface area contributed by atoms with Crippen molar-refractivity contribution in [2.24, 2.45) is 5.73 Å². The molecule has 0 spiro atoms. The first-order chi connectivity index (χ1) is 9.11. The van der Waals surface area contributed by atoms with Gasteiger partial charge >= 0.3 is 0 Å². The number of anilines is 1. The molecule has 1 aromatic carbocycles. The van der Waals surface area contributed by atoms with Gasteiger partial charge in [-0.15, -0.1) is 0 Å². The van der Waals surface area contributed by atoms with Crippen LogP contribution in [0.4, 0.5) is 5.82 Å². The van der Waals surface area contributed by atoms with Gasteiger partial charge in [0.05, 0.1) is 12.1 Å². The molecule has 0 bridgehead atoms. The second-order valence-corrected chi connectivity index (χ2v) is 4.69. The van der Waals surface area contributed by atoms with Crippen LogP contribution >= 0.6 is 11.6 Å². The number of nitrogens with zero attached hydrogens (tertiary/aromatic N) is 1. The molecule has 19 heavy (non-hydrogen) atoms. The molecule has 2 rings (SSSR count). The molecule has 0 aliphatic carbocycles. The van der Waals surface area contributed by atoms with Gasteiger partial charge in [-0.2, -0.15) is 0 Å². The van der Waals surface area contributed by atoms with Crippen LogP contribution in [0.5, 0.6) is 5.75 Å². The van der Waals surface area contributed by atoms with Gasteiger partial charge in [0, 0.05) is 17.8 Å². The third kappa shape index (κ3) is 3.16. The van der Waals surface area contributed by atoms with Crippen molar-refractivity contribution in [2.45, 2.75) is 12.5 Å². The van der Waals surface area contributed by atoms with E-state index in [1.165, 1.54) is 6.20 Å². The van der Waals surface area contributed by atoms with E-state index in [-0.39, 0.29) is 6.04 Å². The molecule has 0 aliphatic rings. The van der Waals surface area contributed by atoms with E-state index < -0.39 is 0 Å². The minimum Gasteiger partial charge on any atom is -0.496 e. The van der Waals surface area contributed by atoms with E-state index in [2.05, 4.69) is 4.98 Å². The van der Waals surface area contributed by atoms with Gasteiger partial charge < -0.3 is 16.2 Å². The standard InChI is InChI=1S/C14H16ClN3O/c1-19-13-5-3-2-4-9(13)6-12(16)11-7-10(15)8-18-14(11)17/h2-5,7-8,12H,6,16H2,1H3,(H2,17,18). The van der Waals surface area contributed by atoms with E-state index in [4.69, 9.17) is 27.8 Å². The first-order valence-electron chi connectivity index (χ1n) is 5.90. The SMILES string of the molecule is COc1ccccc1CC(N)c1cc(Cl)cnc1N. The lowest BCUT2D eigenvalue weighted by molar-refractivity contribution is 0.408. The Hall–Kier alpha value is -1.78. The van der Waals surface area contributed by atoms with Crippen LogP contribution in [0.2, 0.25) is 5.02 Å². The molecule has 4 nitrogen and oxygen atoms in total. The Morgan fingerprint density at radius 1 is 1.37 bits per heavy atom. The van der Waals surface area contributed by atoms with Crippen LogP contribution in [0.3, 0.4) is 0 Å². The zero-order valence-corrected chi connectivity index (χ0v) is 11.4. The van der Waals surface area contributed by atoms with Crippen molar-refractivity contribution >= 4 is 17.4 Å². The van der Waals surface area contributed by atoms with E-state index in [1.54, 1.807) is 13.2 Å². The molecule has 0 amide bonds. The molecule has 0 saturated carbocycles. The van der Waals surface area contributed by atoms with Crippen LogP contribution < -0.4 is 16.2 Å². The summed E-state index contributed by atoms with van der Waals surface area (Å²) in [6.07, 6.45) is 2.12. The maximum Gasteiger partial charge on any atom is 0.128 e. The molecule has 0 saturated heterocycles. The third-order valence-electron chi connectivity index (χ3n) is 2.95. The Labute approximate surface area is 117 Å². The average Bonchev–Trinajstić information content (AvgIpc) is 2.42. The van der Waals surface area contributed by atoms with Crippen LogP contribution in [0.25, 0.3) is 0 Å². The number of pyridine rings is 1. The number of nitrogen functional groups attached to an aromatic ring is 1. The van der Waals surface area contributed by atoms with Gasteiger partial charge in [0.2, 0.25) is 0 Å². The Kier molecular flexibility index (Phi) is 4.24. The molecule has 0 radical (unpaired) electrons. The number of nitrogens with two attached hydrogens (primary N) is 2. The summed E-state index contributed by atoms with van der Waals surface area (Å²) in [6, 6.07) is 9.23. The number of halogens is 1. The molecule has 100 valence electrons. The Balaban J connectivity index is 2.25. The molecule has 1 heterocycles. The number of hydrogen-bond acceptors (Lipinski definition) is 4. The van der Waals surface area contributed by atoms with Crippen molar-refractivity contribution in [2.75, 3.05) is 12.8 Å². The van der Waals surface area contributed by atoms with E-state index >= 15 is 0 Å². The van der Waals surface area contributed by atoms with Crippen molar-refractivity contribution in [1.82, 2.24) is 4.98 Å². The summed E-state index contributed by atoms with van der Waals surface area (Å²) in [5.74, 6) is 1.22. The van der Waals surface area contributed by atoms with E-state index in [1.807, 2.05) is 24.3 Å². The van der Waals surface area contributed by atoms with Gasteiger partial charge in [-0.05, 0) is 24.1 Å². The minimum absolute atomic E-state index is 0.275. The van der Waals surface area contributed by atoms with Gasteiger partial charge in [-0.25, -0.2) is 4.98 Å². The van der Waals surface area contributed by atoms with Crippen LogP contribution in [0.1, 0.15) is 17.2 Å². The van der Waals surface area contributed by atoms with Crippen LogP contribution in [0.15, 0.2) is 36.5 Å². The van der Waals surface area contributed by atoms with Gasteiger partial charge in [0.25, 0.3) is 0 Å². The van der Waals surface area contributed by atoms with Crippen molar-refractivity contribution in [1.29, 1.82) is 0 Å². The summed E-state index contributed by atoms with van der Waals surface area (Å²) in [6.45, 7) is 0. The number of rotatable bonds is 4. The Morgan fingerprint density at radius 2 is 2.11 bits per heavy atom. The number of ether oxygens (including phenoxy) is 1. The summed E-state index contributed by atoms with van der Waals surface area (Å²) in [5, 5.41) is 0.527. The number of methoxy groups -OCH3 is 1. The quantitative estimate of drug-likeness (QED) is 0.901. The van der Waals surface area contributed by atoms with E-state index in [0.717, 1.165) is 16.9 Å². The van der Waals surface area contributed by atoms with Gasteiger partial charge in [0.15, 0.2) is 0 Å². The Morgan fingerprint density at radius 3 is 2.84 bits per heavy atom. The topological polar surface area (TPSA) is 74.2 Å². The lowest BCUT2D eigenvalue weighted by Crippen LogP contribution is -2.16. The first kappa shape index (κ1) is 13.6. The lowest BCUT2D eigenvalue weighted by atomic mass is 9.99. The fourth-order valence-electron chi connectivity index (χ4n) is 1.98. The fourth-order valence-corrected chi connectivity index (χ4v) is 2.15. The highest BCUT2D eigenvalue weighted by Crippen LogP contribution is 2.27. The van der Waals surface area contributed by atoms with Crippen molar-refractivity contribution in [3.05, 3.63) is 52.7 Å². The molecule has 5 heteroatoms. The second-order valence-electron chi connectivity index (χ2n) is 4.25. The predicted octanol–water partition coefficient (Wildman–Crippen LogP) is 2.57. The van der Waals surface area contributed by atoms with Crippen molar-refractivity contribution in [3.8, 4) is 5.75 Å². The third-order valence-corrected chi connectivity index (χ3v) is 3.15. The number of aromatic nitrogens is 1. The highest BCUT2D eigenvalue weighted by atomic mass is 35.5. The largest absolute Gasteiger partial charge is 0.496 e. The molecule has 4 N–H and O–H groups in total. The molecule has 1 aromatic heterocycles. The number of para-hydroxylation sites is 1. The maximum absolute atomic E-state index is 6.19. The molecular formula is C14H16ClN3O. The summed E-state index contributed by atoms with van der Waals surface area (Å²) in [5.41, 5.74) is 13.8. The molecular weight excluding hydrogens is 262 g/mol. The monoisotopic (exact) mass is 277 g/mol. The van der Waals surface area contributed by atoms with E-state index in [0.29, 0.717) is 17.3 Å². The van der Waals surface area contributed by atoms with Crippen LogP contribution in [0, 0.1) is 0 Å². The van der Waals surface area contributed by atoms with Gasteiger partial charge in [-0.3, -0.25) is 0 Å². The summed E-state index contributed by atoms with van der Waals surface area (Å²) in [4.78, 5) is 4.02. The molecule has 0 aliphatic heterocycles. The predicted molar refractivity (Wildman–Crippen MR) is 77.3 cm³/mol. The van der Waals surface area contributed by atoms with Gasteiger partial charge in [-0.1, -0.05) is 29.8 Å². The molecule has 0 fully saturated rings. The zero-order valence-electron chi connectivity index (χ0n) is 10.6. The number of benzene rings is 1. The summed E-state index contributed by atoms with van der Waals surface area (Å²) < 4.78 is 5.31. The summed E-state index contributed by atoms with van der Waals surface area (Å²) in [7, 11) is 1.64. The average molecular weight is 278 g/mol. The highest BCUT2D eigenvalue weighted by molar-refractivity contribution is 6.30. The lowest BCUT2D eigenvalue weighted by Gasteiger charge is -2.16. The zero-order chi connectivity index (χ0) is 13.8. The first-order valence-corrected chi connectivity index (χ1v) is 6.28. The number of hydrogen-bond donors (Lipinski definition) is 2. The van der Waals surface area contributed by atoms with E-state index in [9.17, 15) is 0 Å². The fraction of sp³-hybridized carbons (Fsp3) is 0.214. The highest BCUT2D eigenvalue weighted by Gasteiger charge is 2.14. The summed E-state index contributed by atoms with van der Waals surface area (Å²) >= 11 is 5.92. The van der Waals surface area contributed by atoms with Crippen LogP contribution in [-0.2, 0) is 6.42 Å². The molecule has 1 atom stereocenters. The minimum atomic E-state index is -0.275. The van der Waals surface area contributed by atoms with Crippen molar-refractivity contribution < 1.29 is 4.74 Å². The van der Waals surface area contributed by atoms with Gasteiger partial charge in [0.1, 0.15) is 11.6 Å². The van der Waals surface area contributed by atoms with Crippen LogP contribution in [-0.4, -0.2) is 12.1 Å². The maximum atomic E-state index is 6.19. The molecule has 2 aromatic rings. The molecule has 1 unspecified atom stereocenters. The Bertz CT molecular complexity index is 574. The smallest absolute Gasteiger partial charge is 0.128 e. The second kappa shape index (κ2) is 5.91.